The number of carbonyl (C=O) groups is 2. The van der Waals surface area contributed by atoms with Crippen molar-refractivity contribution >= 4 is 51.9 Å². The third-order valence-corrected chi connectivity index (χ3v) is 5.59. The van der Waals surface area contributed by atoms with Crippen molar-refractivity contribution in [1.82, 2.24) is 4.90 Å². The van der Waals surface area contributed by atoms with Gasteiger partial charge < -0.3 is 14.8 Å². The molecule has 2 amide bonds. The van der Waals surface area contributed by atoms with Crippen LogP contribution in [0.15, 0.2) is 47.4 Å². The number of carbonyl (C=O) groups excluding carboxylic acids is 2. The number of rotatable bonds is 6. The van der Waals surface area contributed by atoms with Crippen LogP contribution in [-0.2, 0) is 9.59 Å². The van der Waals surface area contributed by atoms with Crippen LogP contribution in [0.4, 0.5) is 5.69 Å². The number of thioether (sulfide) groups is 1. The van der Waals surface area contributed by atoms with Gasteiger partial charge in [-0.2, -0.15) is 0 Å². The summed E-state index contributed by atoms with van der Waals surface area (Å²) in [5.74, 6) is 0.561. The standard InChI is InChI=1S/C21H20N2O4S2/c1-13-4-7-15(8-5-13)22-19(24)12-23-20(25)18(29-21(23)28)11-14-6-9-16(26-2)17(10-14)27-3/h4-11H,12H2,1-3H3,(H,22,24). The van der Waals surface area contributed by atoms with Crippen LogP contribution in [0.5, 0.6) is 11.5 Å². The number of aryl methyl sites for hydroxylation is 1. The molecule has 1 saturated heterocycles. The number of methoxy groups -OCH3 is 2. The van der Waals surface area contributed by atoms with E-state index in [9.17, 15) is 9.59 Å². The molecule has 2 aromatic carbocycles. The molecule has 1 heterocycles. The van der Waals surface area contributed by atoms with Crippen molar-refractivity contribution < 1.29 is 19.1 Å². The maximum Gasteiger partial charge on any atom is 0.266 e. The molecule has 0 spiro atoms. The summed E-state index contributed by atoms with van der Waals surface area (Å²) < 4.78 is 10.9. The molecule has 3 rings (SSSR count). The van der Waals surface area contributed by atoms with Gasteiger partial charge in [-0.25, -0.2) is 0 Å². The third-order valence-electron chi connectivity index (χ3n) is 4.22. The zero-order valence-corrected chi connectivity index (χ0v) is 17.9. The SMILES string of the molecule is COc1ccc(C=C2SC(=S)N(CC(=O)Nc3ccc(C)cc3)C2=O)cc1OC. The molecule has 0 radical (unpaired) electrons. The Hall–Kier alpha value is -2.84. The molecule has 0 bridgehead atoms. The first-order chi connectivity index (χ1) is 13.9. The molecule has 0 atom stereocenters. The van der Waals surface area contributed by atoms with Crippen molar-refractivity contribution in [3.05, 3.63) is 58.5 Å². The second-order valence-corrected chi connectivity index (χ2v) is 7.97. The molecule has 1 fully saturated rings. The zero-order chi connectivity index (χ0) is 21.0. The number of nitrogens with one attached hydrogen (secondary N) is 1. The van der Waals surface area contributed by atoms with Crippen LogP contribution in [0, 0.1) is 6.92 Å². The van der Waals surface area contributed by atoms with Crippen molar-refractivity contribution in [3.8, 4) is 11.5 Å². The van der Waals surface area contributed by atoms with E-state index in [0.29, 0.717) is 26.4 Å². The second-order valence-electron chi connectivity index (χ2n) is 6.30. The van der Waals surface area contributed by atoms with E-state index >= 15 is 0 Å². The van der Waals surface area contributed by atoms with Crippen LogP contribution >= 0.6 is 24.0 Å². The van der Waals surface area contributed by atoms with Gasteiger partial charge in [0.1, 0.15) is 10.9 Å². The van der Waals surface area contributed by atoms with Crippen molar-refractivity contribution in [3.63, 3.8) is 0 Å². The predicted octanol–water partition coefficient (Wildman–Crippen LogP) is 3.85. The minimum atomic E-state index is -0.308. The molecule has 29 heavy (non-hydrogen) atoms. The summed E-state index contributed by atoms with van der Waals surface area (Å²) in [5.41, 5.74) is 2.54. The summed E-state index contributed by atoms with van der Waals surface area (Å²) >= 11 is 6.47. The van der Waals surface area contributed by atoms with Crippen molar-refractivity contribution in [2.75, 3.05) is 26.1 Å². The van der Waals surface area contributed by atoms with E-state index in [1.165, 1.54) is 16.7 Å². The first-order valence-electron chi connectivity index (χ1n) is 8.75. The smallest absolute Gasteiger partial charge is 0.266 e. The maximum absolute atomic E-state index is 12.7. The minimum absolute atomic E-state index is 0.137. The molecule has 1 aliphatic heterocycles. The van der Waals surface area contributed by atoms with E-state index in [1.807, 2.05) is 37.3 Å². The highest BCUT2D eigenvalue weighted by atomic mass is 32.2. The summed E-state index contributed by atoms with van der Waals surface area (Å²) in [5, 5.41) is 2.78. The lowest BCUT2D eigenvalue weighted by atomic mass is 10.2. The quantitative estimate of drug-likeness (QED) is 0.557. The number of thiocarbonyl (C=S) groups is 1. The van der Waals surface area contributed by atoms with Crippen molar-refractivity contribution in [1.29, 1.82) is 0 Å². The van der Waals surface area contributed by atoms with E-state index in [2.05, 4.69) is 5.32 Å². The van der Waals surface area contributed by atoms with Crippen LogP contribution in [0.2, 0.25) is 0 Å². The number of benzene rings is 2. The molecule has 0 saturated carbocycles. The Bertz CT molecular complexity index is 987. The number of hydrogen-bond acceptors (Lipinski definition) is 6. The Kier molecular flexibility index (Phi) is 6.56. The van der Waals surface area contributed by atoms with E-state index in [-0.39, 0.29) is 18.4 Å². The Morgan fingerprint density at radius 3 is 2.48 bits per heavy atom. The lowest BCUT2D eigenvalue weighted by Crippen LogP contribution is -2.36. The van der Waals surface area contributed by atoms with Gasteiger partial charge in [0.25, 0.3) is 5.91 Å². The average molecular weight is 429 g/mol. The maximum atomic E-state index is 12.7. The summed E-state index contributed by atoms with van der Waals surface area (Å²) in [4.78, 5) is 26.8. The van der Waals surface area contributed by atoms with Gasteiger partial charge in [-0.05, 0) is 42.8 Å². The minimum Gasteiger partial charge on any atom is -0.493 e. The number of anilines is 1. The van der Waals surface area contributed by atoms with Gasteiger partial charge in [0, 0.05) is 5.69 Å². The van der Waals surface area contributed by atoms with E-state index in [1.54, 1.807) is 32.4 Å². The molecule has 0 aliphatic carbocycles. The summed E-state index contributed by atoms with van der Waals surface area (Å²) in [6, 6.07) is 12.8. The van der Waals surface area contributed by atoms with Gasteiger partial charge in [0.2, 0.25) is 5.91 Å². The highest BCUT2D eigenvalue weighted by Gasteiger charge is 2.33. The molecule has 150 valence electrons. The van der Waals surface area contributed by atoms with E-state index < -0.39 is 0 Å². The summed E-state index contributed by atoms with van der Waals surface area (Å²) in [7, 11) is 3.11. The van der Waals surface area contributed by atoms with Crippen LogP contribution in [0.25, 0.3) is 6.08 Å². The monoisotopic (exact) mass is 428 g/mol. The number of hydrogen-bond donors (Lipinski definition) is 1. The highest BCUT2D eigenvalue weighted by molar-refractivity contribution is 8.26. The molecular weight excluding hydrogens is 408 g/mol. The summed E-state index contributed by atoms with van der Waals surface area (Å²) in [6.07, 6.45) is 1.72. The lowest BCUT2D eigenvalue weighted by molar-refractivity contribution is -0.126. The molecule has 0 aromatic heterocycles. The van der Waals surface area contributed by atoms with E-state index in [4.69, 9.17) is 21.7 Å². The largest absolute Gasteiger partial charge is 0.493 e. The number of ether oxygens (including phenoxy) is 2. The second kappa shape index (κ2) is 9.11. The van der Waals surface area contributed by atoms with Crippen LogP contribution in [-0.4, -0.2) is 41.8 Å². The predicted molar refractivity (Wildman–Crippen MR) is 119 cm³/mol. The molecular formula is C21H20N2O4S2. The molecule has 6 nitrogen and oxygen atoms in total. The fraction of sp³-hybridized carbons (Fsp3) is 0.190. The van der Waals surface area contributed by atoms with Gasteiger partial charge in [0.05, 0.1) is 19.1 Å². The molecule has 8 heteroatoms. The van der Waals surface area contributed by atoms with Crippen LogP contribution < -0.4 is 14.8 Å². The van der Waals surface area contributed by atoms with E-state index in [0.717, 1.165) is 11.1 Å². The fourth-order valence-corrected chi connectivity index (χ4v) is 3.97. The Balaban J connectivity index is 1.71. The average Bonchev–Trinajstić information content (AvgIpc) is 2.97. The molecule has 0 unspecified atom stereocenters. The number of nitrogens with zero attached hydrogens (tertiary/aromatic N) is 1. The van der Waals surface area contributed by atoms with Gasteiger partial charge >= 0.3 is 0 Å². The Labute approximate surface area is 178 Å². The third kappa shape index (κ3) is 4.96. The van der Waals surface area contributed by atoms with Gasteiger partial charge in [-0.15, -0.1) is 0 Å². The van der Waals surface area contributed by atoms with Crippen LogP contribution in [0.3, 0.4) is 0 Å². The van der Waals surface area contributed by atoms with Gasteiger partial charge in [-0.3, -0.25) is 14.5 Å². The highest BCUT2D eigenvalue weighted by Crippen LogP contribution is 2.34. The Morgan fingerprint density at radius 2 is 1.83 bits per heavy atom. The lowest BCUT2D eigenvalue weighted by Gasteiger charge is -2.14. The van der Waals surface area contributed by atoms with Crippen molar-refractivity contribution in [2.45, 2.75) is 6.92 Å². The molecule has 1 aliphatic rings. The molecule has 1 N–H and O–H groups in total. The first-order valence-corrected chi connectivity index (χ1v) is 9.97. The topological polar surface area (TPSA) is 67.9 Å². The summed E-state index contributed by atoms with van der Waals surface area (Å²) in [6.45, 7) is 1.83. The number of amides is 2. The van der Waals surface area contributed by atoms with Crippen molar-refractivity contribution in [2.24, 2.45) is 0 Å². The Morgan fingerprint density at radius 1 is 1.14 bits per heavy atom. The van der Waals surface area contributed by atoms with Gasteiger partial charge in [0.15, 0.2) is 11.5 Å². The zero-order valence-electron chi connectivity index (χ0n) is 16.2. The fourth-order valence-electron chi connectivity index (χ4n) is 2.71. The first kappa shape index (κ1) is 20.9. The normalized spacial score (nSPS) is 15.0. The molecule has 2 aromatic rings. The van der Waals surface area contributed by atoms with Gasteiger partial charge in [-0.1, -0.05) is 47.7 Å². The van der Waals surface area contributed by atoms with Crippen LogP contribution in [0.1, 0.15) is 11.1 Å².